The minimum atomic E-state index is -0.619. The van der Waals surface area contributed by atoms with Crippen molar-refractivity contribution >= 4 is 10.9 Å². The quantitative estimate of drug-likeness (QED) is 0.760. The first-order chi connectivity index (χ1) is 10.7. The average Bonchev–Trinajstić information content (AvgIpc) is 2.94. The average molecular weight is 298 g/mol. The lowest BCUT2D eigenvalue weighted by Crippen LogP contribution is -2.33. The van der Waals surface area contributed by atoms with Gasteiger partial charge in [0.1, 0.15) is 5.82 Å². The number of benzene rings is 2. The minimum absolute atomic E-state index is 0.244. The van der Waals surface area contributed by atoms with Crippen LogP contribution in [0.1, 0.15) is 11.6 Å². The largest absolute Gasteiger partial charge is 0.389 e. The van der Waals surface area contributed by atoms with Gasteiger partial charge in [-0.2, -0.15) is 0 Å². The molecule has 0 aliphatic rings. The number of fused-ring (bicyclic) bond motifs is 1. The Morgan fingerprint density at radius 3 is 2.59 bits per heavy atom. The van der Waals surface area contributed by atoms with Gasteiger partial charge in [0, 0.05) is 18.1 Å². The topological polar surface area (TPSA) is 37.2 Å². The molecule has 4 heteroatoms. The summed E-state index contributed by atoms with van der Waals surface area (Å²) < 4.78 is 15.9. The summed E-state index contributed by atoms with van der Waals surface area (Å²) in [6.45, 7) is 0.453. The lowest BCUT2D eigenvalue weighted by atomic mass is 10.0. The van der Waals surface area contributed by atoms with Gasteiger partial charge in [0.25, 0.3) is 0 Å². The van der Waals surface area contributed by atoms with Gasteiger partial charge in [0.2, 0.25) is 0 Å². The van der Waals surface area contributed by atoms with E-state index < -0.39 is 6.10 Å². The van der Waals surface area contributed by atoms with Crippen LogP contribution in [0, 0.1) is 5.82 Å². The molecule has 22 heavy (non-hydrogen) atoms. The van der Waals surface area contributed by atoms with E-state index in [1.165, 1.54) is 6.07 Å². The van der Waals surface area contributed by atoms with Gasteiger partial charge in [-0.25, -0.2) is 4.39 Å². The molecular weight excluding hydrogens is 279 g/mol. The van der Waals surface area contributed by atoms with Gasteiger partial charge in [0.15, 0.2) is 0 Å². The van der Waals surface area contributed by atoms with E-state index >= 15 is 0 Å². The third-order valence-electron chi connectivity index (χ3n) is 3.93. The molecule has 3 nitrogen and oxygen atoms in total. The highest BCUT2D eigenvalue weighted by molar-refractivity contribution is 5.81. The number of aliphatic hydroxyl groups is 1. The van der Waals surface area contributed by atoms with Crippen LogP contribution in [-0.4, -0.2) is 29.4 Å². The monoisotopic (exact) mass is 298 g/mol. The zero-order valence-corrected chi connectivity index (χ0v) is 12.4. The maximum atomic E-state index is 13.9. The number of rotatable bonds is 5. The van der Waals surface area contributed by atoms with Crippen molar-refractivity contribution in [2.75, 3.05) is 13.6 Å². The molecule has 2 aromatic carbocycles. The Labute approximate surface area is 129 Å². The maximum Gasteiger partial charge on any atom is 0.132 e. The van der Waals surface area contributed by atoms with Crippen molar-refractivity contribution in [2.45, 2.75) is 12.1 Å². The second-order valence-electron chi connectivity index (χ2n) is 5.38. The molecule has 114 valence electrons. The molecule has 0 saturated heterocycles. The smallest absolute Gasteiger partial charge is 0.132 e. The molecule has 0 spiro atoms. The first-order valence-electron chi connectivity index (χ1n) is 7.35. The van der Waals surface area contributed by atoms with Crippen LogP contribution in [0.3, 0.4) is 0 Å². The fraction of sp³-hybridized carbons (Fsp3) is 0.222. The molecule has 3 rings (SSSR count). The third kappa shape index (κ3) is 2.63. The van der Waals surface area contributed by atoms with Gasteiger partial charge < -0.3 is 15.0 Å². The normalized spacial score (nSPS) is 14.1. The highest BCUT2D eigenvalue weighted by atomic mass is 19.1. The number of nitrogens with one attached hydrogen (secondary N) is 1. The Hall–Kier alpha value is -2.17. The van der Waals surface area contributed by atoms with Crippen LogP contribution in [0.4, 0.5) is 4.39 Å². The van der Waals surface area contributed by atoms with Gasteiger partial charge in [-0.3, -0.25) is 0 Å². The summed E-state index contributed by atoms with van der Waals surface area (Å²) in [5.41, 5.74) is 1.77. The number of hydrogen-bond acceptors (Lipinski definition) is 2. The molecule has 0 bridgehead atoms. The van der Waals surface area contributed by atoms with Crippen LogP contribution in [0.25, 0.3) is 10.9 Å². The zero-order chi connectivity index (χ0) is 15.5. The van der Waals surface area contributed by atoms with Crippen molar-refractivity contribution < 1.29 is 9.50 Å². The molecule has 1 heterocycles. The molecule has 0 aliphatic carbocycles. The van der Waals surface area contributed by atoms with Crippen LogP contribution >= 0.6 is 0 Å². The standard InChI is InChI=1S/C18H19FN2O/c1-20-12-17(22)18(13-6-3-2-4-7-13)21-11-10-14-15(19)8-5-9-16(14)21/h2-11,17-18,20,22H,12H2,1H3. The Morgan fingerprint density at radius 2 is 1.86 bits per heavy atom. The molecule has 0 amide bonds. The van der Waals surface area contributed by atoms with Crippen LogP contribution in [0.15, 0.2) is 60.8 Å². The first-order valence-corrected chi connectivity index (χ1v) is 7.35. The van der Waals surface area contributed by atoms with Gasteiger partial charge in [-0.05, 0) is 30.8 Å². The highest BCUT2D eigenvalue weighted by Crippen LogP contribution is 2.28. The van der Waals surface area contributed by atoms with E-state index in [0.717, 1.165) is 11.1 Å². The molecule has 2 unspecified atom stereocenters. The second-order valence-corrected chi connectivity index (χ2v) is 5.38. The molecule has 0 saturated carbocycles. The third-order valence-corrected chi connectivity index (χ3v) is 3.93. The van der Waals surface area contributed by atoms with Crippen LogP contribution in [0.2, 0.25) is 0 Å². The van der Waals surface area contributed by atoms with Crippen molar-refractivity contribution in [3.8, 4) is 0 Å². The number of aliphatic hydroxyl groups excluding tert-OH is 1. The molecule has 2 N–H and O–H groups in total. The molecule has 1 aromatic heterocycles. The summed E-state index contributed by atoms with van der Waals surface area (Å²) in [6, 6.07) is 16.3. The van der Waals surface area contributed by atoms with Gasteiger partial charge in [-0.1, -0.05) is 36.4 Å². The van der Waals surface area contributed by atoms with Crippen molar-refractivity contribution in [3.05, 3.63) is 72.2 Å². The molecule has 0 radical (unpaired) electrons. The molecular formula is C18H19FN2O. The minimum Gasteiger partial charge on any atom is -0.389 e. The van der Waals surface area contributed by atoms with Crippen molar-refractivity contribution in [1.29, 1.82) is 0 Å². The van der Waals surface area contributed by atoms with E-state index in [0.29, 0.717) is 11.9 Å². The van der Waals surface area contributed by atoms with Crippen LogP contribution in [0.5, 0.6) is 0 Å². The van der Waals surface area contributed by atoms with Gasteiger partial charge in [-0.15, -0.1) is 0 Å². The molecule has 3 aromatic rings. The van der Waals surface area contributed by atoms with E-state index in [4.69, 9.17) is 0 Å². The van der Waals surface area contributed by atoms with Gasteiger partial charge >= 0.3 is 0 Å². The summed E-state index contributed by atoms with van der Waals surface area (Å²) in [4.78, 5) is 0. The summed E-state index contributed by atoms with van der Waals surface area (Å²) in [5, 5.41) is 14.2. The predicted molar refractivity (Wildman–Crippen MR) is 86.4 cm³/mol. The molecule has 2 atom stereocenters. The van der Waals surface area contributed by atoms with E-state index in [2.05, 4.69) is 5.32 Å². The molecule has 0 fully saturated rings. The summed E-state index contributed by atoms with van der Waals surface area (Å²) in [7, 11) is 1.80. The Bertz CT molecular complexity index is 754. The lowest BCUT2D eigenvalue weighted by molar-refractivity contribution is 0.132. The first kappa shape index (κ1) is 14.8. The lowest BCUT2D eigenvalue weighted by Gasteiger charge is -2.26. The Kier molecular flexibility index (Phi) is 4.22. The number of nitrogens with zero attached hydrogens (tertiary/aromatic N) is 1. The number of halogens is 1. The van der Waals surface area contributed by atoms with Crippen LogP contribution in [-0.2, 0) is 0 Å². The Balaban J connectivity index is 2.14. The van der Waals surface area contributed by atoms with Crippen molar-refractivity contribution in [2.24, 2.45) is 0 Å². The summed E-state index contributed by atoms with van der Waals surface area (Å²) >= 11 is 0. The predicted octanol–water partition coefficient (Wildman–Crippen LogP) is 2.95. The Morgan fingerprint density at radius 1 is 1.09 bits per heavy atom. The van der Waals surface area contributed by atoms with Gasteiger partial charge in [0.05, 0.1) is 17.7 Å². The van der Waals surface area contributed by atoms with E-state index in [1.807, 2.05) is 47.2 Å². The summed E-state index contributed by atoms with van der Waals surface area (Å²) in [6.07, 6.45) is 1.22. The highest BCUT2D eigenvalue weighted by Gasteiger charge is 2.23. The fourth-order valence-corrected chi connectivity index (χ4v) is 2.93. The van der Waals surface area contributed by atoms with E-state index in [-0.39, 0.29) is 11.9 Å². The number of hydrogen-bond donors (Lipinski definition) is 2. The number of aromatic nitrogens is 1. The SMILES string of the molecule is CNCC(O)C(c1ccccc1)n1ccc2c(F)cccc21. The van der Waals surface area contributed by atoms with E-state index in [9.17, 15) is 9.50 Å². The fourth-order valence-electron chi connectivity index (χ4n) is 2.93. The van der Waals surface area contributed by atoms with Crippen molar-refractivity contribution in [3.63, 3.8) is 0 Å². The zero-order valence-electron chi connectivity index (χ0n) is 12.4. The van der Waals surface area contributed by atoms with Crippen LogP contribution < -0.4 is 5.32 Å². The number of likely N-dealkylation sites (N-methyl/N-ethyl adjacent to an activating group) is 1. The second kappa shape index (κ2) is 6.30. The van der Waals surface area contributed by atoms with Crippen molar-refractivity contribution in [1.82, 2.24) is 9.88 Å². The van der Waals surface area contributed by atoms with E-state index in [1.54, 1.807) is 19.2 Å². The molecule has 0 aliphatic heterocycles. The maximum absolute atomic E-state index is 13.9. The summed E-state index contributed by atoms with van der Waals surface area (Å²) in [5.74, 6) is -0.244.